The number of H-pyrrole nitrogens is 1. The number of anilines is 1. The van der Waals surface area contributed by atoms with E-state index < -0.39 is 17.8 Å². The first-order chi connectivity index (χ1) is 12.0. The lowest BCUT2D eigenvalue weighted by Crippen LogP contribution is -2.39. The van der Waals surface area contributed by atoms with Crippen molar-refractivity contribution >= 4 is 16.9 Å². The third-order valence-corrected chi connectivity index (χ3v) is 4.30. The maximum absolute atomic E-state index is 13.3. The molecule has 2 aromatic heterocycles. The molecule has 0 amide bonds. The predicted molar refractivity (Wildman–Crippen MR) is 86.2 cm³/mol. The van der Waals surface area contributed by atoms with Crippen LogP contribution in [0.5, 0.6) is 0 Å². The Kier molecular flexibility index (Phi) is 3.84. The Morgan fingerprint density at radius 1 is 1.16 bits per heavy atom. The van der Waals surface area contributed by atoms with Crippen molar-refractivity contribution in [2.75, 3.05) is 24.6 Å². The summed E-state index contributed by atoms with van der Waals surface area (Å²) in [7, 11) is 0. The van der Waals surface area contributed by atoms with Gasteiger partial charge in [-0.3, -0.25) is 0 Å². The molecule has 0 radical (unpaired) electrons. The van der Waals surface area contributed by atoms with Crippen LogP contribution in [0, 0.1) is 0 Å². The van der Waals surface area contributed by atoms with E-state index in [0.717, 1.165) is 11.6 Å². The number of hydrogen-bond donors (Lipinski definition) is 1. The van der Waals surface area contributed by atoms with Crippen molar-refractivity contribution in [1.82, 2.24) is 15.0 Å². The molecule has 0 saturated carbocycles. The quantitative estimate of drug-likeness (QED) is 0.769. The number of imidazole rings is 1. The summed E-state index contributed by atoms with van der Waals surface area (Å²) in [5.41, 5.74) is 1.03. The number of hydrogen-bond acceptors (Lipinski definition) is 4. The monoisotopic (exact) mass is 348 g/mol. The number of alkyl halides is 3. The molecule has 1 aliphatic rings. The van der Waals surface area contributed by atoms with Crippen LogP contribution in [0.15, 0.2) is 42.9 Å². The lowest BCUT2D eigenvalue weighted by atomic mass is 10.0. The number of morpholine rings is 1. The number of nitrogens with one attached hydrogen (secondary N) is 1. The van der Waals surface area contributed by atoms with Crippen molar-refractivity contribution in [3.63, 3.8) is 0 Å². The second-order valence-corrected chi connectivity index (χ2v) is 5.82. The molecule has 3 aromatic rings. The molecule has 0 spiro atoms. The highest BCUT2D eigenvalue weighted by Crippen LogP contribution is 2.37. The first-order valence-corrected chi connectivity index (χ1v) is 7.85. The maximum atomic E-state index is 13.3. The van der Waals surface area contributed by atoms with Gasteiger partial charge in [-0.2, -0.15) is 13.2 Å². The molecule has 1 saturated heterocycles. The molecule has 0 bridgehead atoms. The minimum absolute atomic E-state index is 0.147. The lowest BCUT2D eigenvalue weighted by molar-refractivity contribution is -0.139. The third kappa shape index (κ3) is 2.93. The van der Waals surface area contributed by atoms with Gasteiger partial charge in [-0.05, 0) is 17.7 Å². The topological polar surface area (TPSA) is 54.0 Å². The summed E-state index contributed by atoms with van der Waals surface area (Å²) in [5, 5.41) is 0. The van der Waals surface area contributed by atoms with Crippen LogP contribution in [0.3, 0.4) is 0 Å². The van der Waals surface area contributed by atoms with Crippen LogP contribution in [0.1, 0.15) is 17.2 Å². The first-order valence-electron chi connectivity index (χ1n) is 7.85. The number of halogens is 3. The van der Waals surface area contributed by atoms with Gasteiger partial charge in [0.15, 0.2) is 5.82 Å². The van der Waals surface area contributed by atoms with E-state index in [1.807, 2.05) is 11.0 Å². The number of nitrogens with zero attached hydrogens (tertiary/aromatic N) is 3. The largest absolute Gasteiger partial charge is 0.416 e. The summed E-state index contributed by atoms with van der Waals surface area (Å²) < 4.78 is 45.5. The average molecular weight is 348 g/mol. The smallest absolute Gasteiger partial charge is 0.370 e. The third-order valence-electron chi connectivity index (χ3n) is 4.30. The highest BCUT2D eigenvalue weighted by Gasteiger charge is 2.36. The molecule has 4 rings (SSSR count). The van der Waals surface area contributed by atoms with E-state index in [9.17, 15) is 13.2 Å². The Balaban J connectivity index is 1.68. The average Bonchev–Trinajstić information content (AvgIpc) is 3.10. The van der Waals surface area contributed by atoms with Gasteiger partial charge in [-0.25, -0.2) is 9.97 Å². The van der Waals surface area contributed by atoms with Gasteiger partial charge in [0.1, 0.15) is 11.6 Å². The standard InChI is InChI=1S/C17H15F3N4O/c18-17(19,20)12-4-2-1-3-11(12)14-9-24(7-8-25-14)16-15-13(5-6-21-16)22-10-23-15/h1-6,10,14H,7-9H2,(H,22,23). The van der Waals surface area contributed by atoms with Crippen LogP contribution in [-0.2, 0) is 10.9 Å². The Morgan fingerprint density at radius 2 is 2.00 bits per heavy atom. The van der Waals surface area contributed by atoms with Gasteiger partial charge in [-0.1, -0.05) is 18.2 Å². The Morgan fingerprint density at radius 3 is 2.84 bits per heavy atom. The first kappa shape index (κ1) is 15.9. The minimum Gasteiger partial charge on any atom is -0.370 e. The Bertz CT molecular complexity index is 893. The molecular weight excluding hydrogens is 333 g/mol. The van der Waals surface area contributed by atoms with E-state index in [4.69, 9.17) is 4.74 Å². The molecule has 1 N–H and O–H groups in total. The number of aromatic nitrogens is 3. The number of benzene rings is 1. The molecule has 1 atom stereocenters. The summed E-state index contributed by atoms with van der Waals surface area (Å²) in [6.07, 6.45) is -1.86. The van der Waals surface area contributed by atoms with Crippen LogP contribution in [0.25, 0.3) is 11.0 Å². The van der Waals surface area contributed by atoms with E-state index in [1.165, 1.54) is 12.1 Å². The van der Waals surface area contributed by atoms with Crippen LogP contribution in [-0.4, -0.2) is 34.6 Å². The second-order valence-electron chi connectivity index (χ2n) is 5.82. The van der Waals surface area contributed by atoms with Gasteiger partial charge in [0.25, 0.3) is 0 Å². The van der Waals surface area contributed by atoms with Gasteiger partial charge < -0.3 is 14.6 Å². The Hall–Kier alpha value is -2.61. The van der Waals surface area contributed by atoms with E-state index in [-0.39, 0.29) is 12.1 Å². The molecule has 3 heterocycles. The maximum Gasteiger partial charge on any atom is 0.416 e. The zero-order valence-corrected chi connectivity index (χ0v) is 13.1. The highest BCUT2D eigenvalue weighted by atomic mass is 19.4. The molecule has 130 valence electrons. The lowest BCUT2D eigenvalue weighted by Gasteiger charge is -2.34. The van der Waals surface area contributed by atoms with Crippen molar-refractivity contribution in [2.24, 2.45) is 0 Å². The van der Waals surface area contributed by atoms with Crippen LogP contribution in [0.4, 0.5) is 19.0 Å². The molecule has 1 fully saturated rings. The highest BCUT2D eigenvalue weighted by molar-refractivity contribution is 5.85. The number of fused-ring (bicyclic) bond motifs is 1. The van der Waals surface area contributed by atoms with Gasteiger partial charge in [0, 0.05) is 19.3 Å². The van der Waals surface area contributed by atoms with E-state index in [0.29, 0.717) is 24.5 Å². The van der Waals surface area contributed by atoms with E-state index in [2.05, 4.69) is 15.0 Å². The van der Waals surface area contributed by atoms with Crippen molar-refractivity contribution < 1.29 is 17.9 Å². The van der Waals surface area contributed by atoms with Crippen molar-refractivity contribution in [3.8, 4) is 0 Å². The number of aromatic amines is 1. The number of ether oxygens (including phenoxy) is 1. The SMILES string of the molecule is FC(F)(F)c1ccccc1C1CN(c2nccc3[nH]cnc23)CCO1. The van der Waals surface area contributed by atoms with Crippen molar-refractivity contribution in [3.05, 3.63) is 54.0 Å². The molecule has 1 aromatic carbocycles. The van der Waals surface area contributed by atoms with Crippen LogP contribution >= 0.6 is 0 Å². The fraction of sp³-hybridized carbons (Fsp3) is 0.294. The fourth-order valence-corrected chi connectivity index (χ4v) is 3.15. The number of rotatable bonds is 2. The summed E-state index contributed by atoms with van der Waals surface area (Å²) in [4.78, 5) is 13.6. The molecule has 25 heavy (non-hydrogen) atoms. The van der Waals surface area contributed by atoms with Gasteiger partial charge in [0.05, 0.1) is 24.0 Å². The van der Waals surface area contributed by atoms with E-state index >= 15 is 0 Å². The van der Waals surface area contributed by atoms with Crippen LogP contribution in [0.2, 0.25) is 0 Å². The normalized spacial score (nSPS) is 18.7. The fourth-order valence-electron chi connectivity index (χ4n) is 3.15. The van der Waals surface area contributed by atoms with Gasteiger partial charge >= 0.3 is 6.18 Å². The molecule has 1 unspecified atom stereocenters. The van der Waals surface area contributed by atoms with Gasteiger partial charge in [-0.15, -0.1) is 0 Å². The van der Waals surface area contributed by atoms with Crippen molar-refractivity contribution in [2.45, 2.75) is 12.3 Å². The molecule has 0 aliphatic carbocycles. The molecule has 5 nitrogen and oxygen atoms in total. The number of pyridine rings is 1. The minimum atomic E-state index is -4.41. The van der Waals surface area contributed by atoms with Gasteiger partial charge in [0.2, 0.25) is 0 Å². The molecular formula is C17H15F3N4O. The summed E-state index contributed by atoms with van der Waals surface area (Å²) >= 11 is 0. The second kappa shape index (κ2) is 6.03. The predicted octanol–water partition coefficient (Wildman–Crippen LogP) is 3.55. The van der Waals surface area contributed by atoms with Crippen LogP contribution < -0.4 is 4.90 Å². The van der Waals surface area contributed by atoms with Crippen molar-refractivity contribution in [1.29, 1.82) is 0 Å². The summed E-state index contributed by atoms with van der Waals surface area (Å²) in [5.74, 6) is 0.650. The zero-order chi connectivity index (χ0) is 17.4. The van der Waals surface area contributed by atoms with E-state index in [1.54, 1.807) is 18.6 Å². The Labute approximate surface area is 141 Å². The molecule has 8 heteroatoms. The molecule has 1 aliphatic heterocycles. The summed E-state index contributed by atoms with van der Waals surface area (Å²) in [6.45, 7) is 1.15. The zero-order valence-electron chi connectivity index (χ0n) is 13.1. The summed E-state index contributed by atoms with van der Waals surface area (Å²) in [6, 6.07) is 7.35.